The van der Waals surface area contributed by atoms with Gasteiger partial charge in [0.1, 0.15) is 5.82 Å². The van der Waals surface area contributed by atoms with Crippen molar-refractivity contribution in [2.45, 2.75) is 51.7 Å². The predicted molar refractivity (Wildman–Crippen MR) is 105 cm³/mol. The van der Waals surface area contributed by atoms with Crippen LogP contribution in [0.3, 0.4) is 0 Å². The first-order valence-corrected chi connectivity index (χ1v) is 10.2. The van der Waals surface area contributed by atoms with Crippen LogP contribution in [0.25, 0.3) is 11.1 Å². The fourth-order valence-corrected chi connectivity index (χ4v) is 3.51. The molecule has 1 fully saturated rings. The van der Waals surface area contributed by atoms with E-state index in [1.54, 1.807) is 19.1 Å². The fourth-order valence-electron chi connectivity index (χ4n) is 3.51. The van der Waals surface area contributed by atoms with Gasteiger partial charge in [0.05, 0.1) is 13.2 Å². The van der Waals surface area contributed by atoms with Crippen LogP contribution in [0.2, 0.25) is 0 Å². The minimum atomic E-state index is -1.07. The lowest BCUT2D eigenvalue weighted by Crippen LogP contribution is -2.27. The molecule has 0 bridgehead atoms. The molecule has 2 aromatic rings. The number of ether oxygens (including phenoxy) is 3. The van der Waals surface area contributed by atoms with Crippen molar-refractivity contribution in [3.63, 3.8) is 0 Å². The molecule has 1 aliphatic heterocycles. The summed E-state index contributed by atoms with van der Waals surface area (Å²) in [6, 6.07) is 7.25. The van der Waals surface area contributed by atoms with Crippen molar-refractivity contribution in [2.24, 2.45) is 0 Å². The summed E-state index contributed by atoms with van der Waals surface area (Å²) in [5.74, 6) is -2.80. The average Bonchev–Trinajstić information content (AvgIpc) is 2.72. The molecule has 2 unspecified atom stereocenters. The molecule has 3 rings (SSSR count). The Balaban J connectivity index is 1.71. The van der Waals surface area contributed by atoms with Gasteiger partial charge in [-0.3, -0.25) is 0 Å². The molecule has 1 heterocycles. The molecule has 2 atom stereocenters. The Kier molecular flexibility index (Phi) is 7.56. The Labute approximate surface area is 169 Å². The topological polar surface area (TPSA) is 27.7 Å². The van der Waals surface area contributed by atoms with Gasteiger partial charge in [0.15, 0.2) is 17.9 Å². The van der Waals surface area contributed by atoms with E-state index in [1.165, 1.54) is 18.2 Å². The summed E-state index contributed by atoms with van der Waals surface area (Å²) in [6.07, 6.45) is 3.27. The summed E-state index contributed by atoms with van der Waals surface area (Å²) in [5.41, 5.74) is 0.802. The van der Waals surface area contributed by atoms with E-state index in [4.69, 9.17) is 14.2 Å². The third kappa shape index (κ3) is 5.11. The first-order chi connectivity index (χ1) is 14.0. The lowest BCUT2D eigenvalue weighted by molar-refractivity contribution is -0.167. The second-order valence-corrected chi connectivity index (χ2v) is 7.17. The summed E-state index contributed by atoms with van der Waals surface area (Å²) in [6.45, 7) is 5.06. The molecule has 0 spiro atoms. The third-order valence-electron chi connectivity index (χ3n) is 5.13. The Hall–Kier alpha value is -2.05. The molecule has 0 amide bonds. The van der Waals surface area contributed by atoms with E-state index in [1.807, 2.05) is 0 Å². The molecule has 0 N–H and O–H groups in total. The normalized spacial score (nSPS) is 19.3. The molecular formula is C23H27F3O3. The highest BCUT2D eigenvalue weighted by Crippen LogP contribution is 2.34. The molecule has 3 nitrogen and oxygen atoms in total. The second kappa shape index (κ2) is 10.1. The fraction of sp³-hybridized carbons (Fsp3) is 0.478. The van der Waals surface area contributed by atoms with Crippen LogP contribution < -0.4 is 4.74 Å². The number of unbranched alkanes of at least 4 members (excludes halogenated alkanes) is 1. The molecule has 6 heteroatoms. The van der Waals surface area contributed by atoms with E-state index >= 15 is 0 Å². The minimum Gasteiger partial charge on any atom is -0.491 e. The van der Waals surface area contributed by atoms with E-state index in [9.17, 15) is 13.2 Å². The van der Waals surface area contributed by atoms with Crippen LogP contribution in [0.15, 0.2) is 30.3 Å². The summed E-state index contributed by atoms with van der Waals surface area (Å²) >= 11 is 0. The second-order valence-electron chi connectivity index (χ2n) is 7.17. The molecule has 158 valence electrons. The van der Waals surface area contributed by atoms with Crippen LogP contribution in [0.1, 0.15) is 51.0 Å². The van der Waals surface area contributed by atoms with Crippen molar-refractivity contribution in [1.82, 2.24) is 0 Å². The van der Waals surface area contributed by atoms with Crippen LogP contribution in [-0.2, 0) is 9.47 Å². The number of halogens is 3. The summed E-state index contributed by atoms with van der Waals surface area (Å²) < 4.78 is 59.8. The van der Waals surface area contributed by atoms with E-state index in [0.717, 1.165) is 19.3 Å². The van der Waals surface area contributed by atoms with Crippen molar-refractivity contribution in [3.05, 3.63) is 53.3 Å². The van der Waals surface area contributed by atoms with E-state index in [0.29, 0.717) is 25.2 Å². The van der Waals surface area contributed by atoms with Crippen LogP contribution >= 0.6 is 0 Å². The van der Waals surface area contributed by atoms with Crippen LogP contribution in [0.5, 0.6) is 5.75 Å². The Morgan fingerprint density at radius 3 is 2.52 bits per heavy atom. The minimum absolute atomic E-state index is 0.000635. The van der Waals surface area contributed by atoms with Crippen molar-refractivity contribution < 1.29 is 27.4 Å². The van der Waals surface area contributed by atoms with Crippen LogP contribution in [-0.4, -0.2) is 26.1 Å². The van der Waals surface area contributed by atoms with Crippen molar-refractivity contribution >= 4 is 0 Å². The molecule has 0 aliphatic carbocycles. The Bertz CT molecular complexity index is 817. The highest BCUT2D eigenvalue weighted by molar-refractivity contribution is 5.66. The van der Waals surface area contributed by atoms with Gasteiger partial charge in [-0.25, -0.2) is 8.78 Å². The van der Waals surface area contributed by atoms with Gasteiger partial charge in [0, 0.05) is 18.1 Å². The van der Waals surface area contributed by atoms with Crippen molar-refractivity contribution in [3.8, 4) is 16.9 Å². The van der Waals surface area contributed by atoms with E-state index < -0.39 is 17.5 Å². The summed E-state index contributed by atoms with van der Waals surface area (Å²) in [7, 11) is 0. The number of benzene rings is 2. The molecule has 1 saturated heterocycles. The highest BCUT2D eigenvalue weighted by Gasteiger charge is 2.26. The molecule has 0 aromatic heterocycles. The number of hydrogen-bond acceptors (Lipinski definition) is 3. The first-order valence-electron chi connectivity index (χ1n) is 10.2. The van der Waals surface area contributed by atoms with Crippen LogP contribution in [0.4, 0.5) is 13.2 Å². The van der Waals surface area contributed by atoms with Crippen molar-refractivity contribution in [2.75, 3.05) is 19.8 Å². The maximum absolute atomic E-state index is 14.8. The molecule has 0 saturated carbocycles. The average molecular weight is 408 g/mol. The Morgan fingerprint density at radius 2 is 1.86 bits per heavy atom. The van der Waals surface area contributed by atoms with Crippen molar-refractivity contribution in [1.29, 1.82) is 0 Å². The van der Waals surface area contributed by atoms with Gasteiger partial charge >= 0.3 is 0 Å². The lowest BCUT2D eigenvalue weighted by atomic mass is 9.91. The number of rotatable bonds is 8. The van der Waals surface area contributed by atoms with Gasteiger partial charge in [-0.2, -0.15) is 4.39 Å². The quantitative estimate of drug-likeness (QED) is 0.486. The van der Waals surface area contributed by atoms with Gasteiger partial charge in [-0.1, -0.05) is 25.5 Å². The standard InChI is InChI=1S/C23H27F3O3/c1-3-5-12-28-21-11-7-16(14-29-21)17-8-6-15(13-19(17)24)18-9-10-20(27-4-2)23(26)22(18)25/h6,8-10,13,16,21H,3-5,7,11-12,14H2,1-2H3. The first kappa shape index (κ1) is 21.7. The molecular weight excluding hydrogens is 381 g/mol. The molecule has 29 heavy (non-hydrogen) atoms. The maximum atomic E-state index is 14.8. The van der Waals surface area contributed by atoms with Crippen LogP contribution in [0, 0.1) is 17.5 Å². The number of hydrogen-bond donors (Lipinski definition) is 0. The maximum Gasteiger partial charge on any atom is 0.201 e. The monoisotopic (exact) mass is 408 g/mol. The van der Waals surface area contributed by atoms with E-state index in [-0.39, 0.29) is 35.7 Å². The zero-order valence-electron chi connectivity index (χ0n) is 16.8. The molecule has 2 aromatic carbocycles. The lowest BCUT2D eigenvalue weighted by Gasteiger charge is -2.29. The van der Waals surface area contributed by atoms with Gasteiger partial charge < -0.3 is 14.2 Å². The summed E-state index contributed by atoms with van der Waals surface area (Å²) in [4.78, 5) is 0. The van der Waals surface area contributed by atoms with Gasteiger partial charge in [-0.15, -0.1) is 0 Å². The van der Waals surface area contributed by atoms with Gasteiger partial charge in [0.2, 0.25) is 5.82 Å². The van der Waals surface area contributed by atoms with Gasteiger partial charge in [0.25, 0.3) is 0 Å². The predicted octanol–water partition coefficient (Wildman–Crippen LogP) is 6.21. The Morgan fingerprint density at radius 1 is 1.03 bits per heavy atom. The highest BCUT2D eigenvalue weighted by atomic mass is 19.2. The third-order valence-corrected chi connectivity index (χ3v) is 5.13. The van der Waals surface area contributed by atoms with Gasteiger partial charge in [-0.05, 0) is 55.5 Å². The smallest absolute Gasteiger partial charge is 0.201 e. The zero-order chi connectivity index (χ0) is 20.8. The molecule has 0 radical (unpaired) electrons. The van der Waals surface area contributed by atoms with E-state index in [2.05, 4.69) is 6.92 Å². The largest absolute Gasteiger partial charge is 0.491 e. The zero-order valence-corrected chi connectivity index (χ0v) is 16.8. The molecule has 1 aliphatic rings. The summed E-state index contributed by atoms with van der Waals surface area (Å²) in [5, 5.41) is 0. The SMILES string of the molecule is CCCCOC1CCC(c2ccc(-c3ccc(OCC)c(F)c3F)cc2F)CO1.